The number of rotatable bonds is 7. The number of hydrogen-bond donors (Lipinski definition) is 3. The first-order chi connectivity index (χ1) is 11.0. The molecule has 2 aliphatic rings. The SMILES string of the molecule is NC(CCCC[C@H](N)C(=O)O)=NC1=CC(=O)OC2C=CC=CC12. The Balaban J connectivity index is 1.89. The van der Waals surface area contributed by atoms with Gasteiger partial charge in [0, 0.05) is 12.5 Å². The average molecular weight is 319 g/mol. The summed E-state index contributed by atoms with van der Waals surface area (Å²) in [5.41, 5.74) is 11.9. The minimum absolute atomic E-state index is 0.114. The highest BCUT2D eigenvalue weighted by molar-refractivity contribution is 5.87. The number of aliphatic carboxylic acids is 1. The maximum absolute atomic E-state index is 11.6. The van der Waals surface area contributed by atoms with Crippen molar-refractivity contribution < 1.29 is 19.4 Å². The minimum Gasteiger partial charge on any atom is -0.480 e. The first kappa shape index (κ1) is 17.0. The molecule has 3 atom stereocenters. The molecule has 23 heavy (non-hydrogen) atoms. The lowest BCUT2D eigenvalue weighted by molar-refractivity contribution is -0.143. The summed E-state index contributed by atoms with van der Waals surface area (Å²) in [5, 5.41) is 8.71. The second-order valence-corrected chi connectivity index (χ2v) is 5.56. The number of fused-ring (bicyclic) bond motifs is 1. The monoisotopic (exact) mass is 319 g/mol. The van der Waals surface area contributed by atoms with Gasteiger partial charge in [-0.3, -0.25) is 4.79 Å². The van der Waals surface area contributed by atoms with E-state index in [1.807, 2.05) is 24.3 Å². The van der Waals surface area contributed by atoms with Crippen molar-refractivity contribution in [3.63, 3.8) is 0 Å². The van der Waals surface area contributed by atoms with Crippen molar-refractivity contribution in [1.82, 2.24) is 0 Å². The predicted molar refractivity (Wildman–Crippen MR) is 85.4 cm³/mol. The van der Waals surface area contributed by atoms with Gasteiger partial charge in [0.15, 0.2) is 0 Å². The molecule has 2 unspecified atom stereocenters. The summed E-state index contributed by atoms with van der Waals surface area (Å²) >= 11 is 0. The lowest BCUT2D eigenvalue weighted by Crippen LogP contribution is -2.31. The Morgan fingerprint density at radius 2 is 2.09 bits per heavy atom. The summed E-state index contributed by atoms with van der Waals surface area (Å²) in [6.45, 7) is 0. The van der Waals surface area contributed by atoms with Crippen molar-refractivity contribution in [1.29, 1.82) is 0 Å². The van der Waals surface area contributed by atoms with E-state index in [1.54, 1.807) is 0 Å². The normalized spacial score (nSPS) is 24.7. The van der Waals surface area contributed by atoms with Gasteiger partial charge >= 0.3 is 11.9 Å². The quantitative estimate of drug-likeness (QED) is 0.276. The van der Waals surface area contributed by atoms with E-state index in [1.165, 1.54) is 6.08 Å². The van der Waals surface area contributed by atoms with Gasteiger partial charge in [0.2, 0.25) is 0 Å². The van der Waals surface area contributed by atoms with Crippen LogP contribution in [0.15, 0.2) is 41.1 Å². The molecule has 1 aliphatic carbocycles. The van der Waals surface area contributed by atoms with Gasteiger partial charge in [-0.15, -0.1) is 0 Å². The van der Waals surface area contributed by atoms with Crippen LogP contribution in [0.2, 0.25) is 0 Å². The number of nitrogens with two attached hydrogens (primary N) is 2. The molecule has 0 saturated carbocycles. The van der Waals surface area contributed by atoms with Crippen molar-refractivity contribution in [2.24, 2.45) is 22.4 Å². The van der Waals surface area contributed by atoms with Gasteiger partial charge in [0.1, 0.15) is 12.1 Å². The summed E-state index contributed by atoms with van der Waals surface area (Å²) in [6, 6.07) is -0.844. The molecule has 0 aromatic heterocycles. The second-order valence-electron chi connectivity index (χ2n) is 5.56. The Hall–Kier alpha value is -2.41. The van der Waals surface area contributed by atoms with E-state index < -0.39 is 18.0 Å². The van der Waals surface area contributed by atoms with Gasteiger partial charge in [-0.25, -0.2) is 9.79 Å². The van der Waals surface area contributed by atoms with E-state index in [0.717, 1.165) is 0 Å². The standard InChI is InChI=1S/C16H21N3O4/c17-11(16(21)22)6-2-4-8-14(18)19-12-9-15(20)23-13-7-3-1-5-10(12)13/h1,3,5,7,9-11,13H,2,4,6,8,17H2,(H2,18,19)(H,21,22)/t10?,11-,13?/m0/s1. The number of carboxylic acid groups (broad SMARTS) is 1. The molecule has 1 aliphatic heterocycles. The predicted octanol–water partition coefficient (Wildman–Crippen LogP) is 0.867. The van der Waals surface area contributed by atoms with Gasteiger partial charge in [-0.2, -0.15) is 0 Å². The van der Waals surface area contributed by atoms with Crippen LogP contribution in [0.1, 0.15) is 25.7 Å². The van der Waals surface area contributed by atoms with E-state index in [0.29, 0.717) is 37.2 Å². The molecule has 7 heteroatoms. The van der Waals surface area contributed by atoms with Crippen molar-refractivity contribution in [2.75, 3.05) is 0 Å². The highest BCUT2D eigenvalue weighted by atomic mass is 16.5. The van der Waals surface area contributed by atoms with Crippen molar-refractivity contribution in [3.05, 3.63) is 36.1 Å². The highest BCUT2D eigenvalue weighted by Gasteiger charge is 2.30. The molecule has 0 saturated heterocycles. The molecule has 0 aromatic carbocycles. The molecule has 0 fully saturated rings. The lowest BCUT2D eigenvalue weighted by Gasteiger charge is -2.27. The van der Waals surface area contributed by atoms with Gasteiger partial charge in [-0.1, -0.05) is 24.6 Å². The zero-order chi connectivity index (χ0) is 16.8. The first-order valence-electron chi connectivity index (χ1n) is 7.56. The summed E-state index contributed by atoms with van der Waals surface area (Å²) < 4.78 is 5.22. The van der Waals surface area contributed by atoms with Gasteiger partial charge in [-0.05, 0) is 18.9 Å². The number of unbranched alkanes of at least 4 members (excludes halogenated alkanes) is 1. The van der Waals surface area contributed by atoms with Crippen LogP contribution in [0.5, 0.6) is 0 Å². The molecule has 0 spiro atoms. The molecule has 0 bridgehead atoms. The van der Waals surface area contributed by atoms with Crippen LogP contribution in [0, 0.1) is 5.92 Å². The van der Waals surface area contributed by atoms with Crippen LogP contribution >= 0.6 is 0 Å². The fourth-order valence-electron chi connectivity index (χ4n) is 2.47. The molecular formula is C16H21N3O4. The molecule has 0 aromatic rings. The fourth-order valence-corrected chi connectivity index (χ4v) is 2.47. The van der Waals surface area contributed by atoms with E-state index in [4.69, 9.17) is 21.3 Å². The summed E-state index contributed by atoms with van der Waals surface area (Å²) in [7, 11) is 0. The maximum Gasteiger partial charge on any atom is 0.333 e. The third-order valence-corrected chi connectivity index (χ3v) is 3.73. The van der Waals surface area contributed by atoms with Crippen LogP contribution in [-0.2, 0) is 14.3 Å². The van der Waals surface area contributed by atoms with Crippen LogP contribution < -0.4 is 11.5 Å². The molecule has 124 valence electrons. The van der Waals surface area contributed by atoms with Crippen LogP contribution in [0.3, 0.4) is 0 Å². The van der Waals surface area contributed by atoms with Gasteiger partial charge in [0.25, 0.3) is 0 Å². The Morgan fingerprint density at radius 1 is 1.35 bits per heavy atom. The molecule has 0 radical (unpaired) electrons. The maximum atomic E-state index is 11.6. The fraction of sp³-hybridized carbons (Fsp3) is 0.438. The summed E-state index contributed by atoms with van der Waals surface area (Å²) in [4.78, 5) is 26.5. The zero-order valence-electron chi connectivity index (χ0n) is 12.7. The number of carbonyl (C=O) groups is 2. The lowest BCUT2D eigenvalue weighted by atomic mass is 9.92. The number of amidine groups is 1. The van der Waals surface area contributed by atoms with Crippen molar-refractivity contribution in [2.45, 2.75) is 37.8 Å². The largest absolute Gasteiger partial charge is 0.480 e. The minimum atomic E-state index is -0.999. The Bertz CT molecular complexity index is 592. The number of aliphatic imine (C=N–C) groups is 1. The highest BCUT2D eigenvalue weighted by Crippen LogP contribution is 2.29. The molecule has 0 amide bonds. The number of nitrogens with zero attached hydrogens (tertiary/aromatic N) is 1. The topological polar surface area (TPSA) is 128 Å². The van der Waals surface area contributed by atoms with E-state index >= 15 is 0 Å². The molecule has 2 rings (SSSR count). The number of carbonyl (C=O) groups excluding carboxylic acids is 1. The number of hydrogen-bond acceptors (Lipinski definition) is 5. The van der Waals surface area contributed by atoms with Crippen molar-refractivity contribution >= 4 is 17.8 Å². The zero-order valence-corrected chi connectivity index (χ0v) is 12.7. The van der Waals surface area contributed by atoms with Crippen LogP contribution in [0.4, 0.5) is 0 Å². The number of ether oxygens (including phenoxy) is 1. The third-order valence-electron chi connectivity index (χ3n) is 3.73. The smallest absolute Gasteiger partial charge is 0.333 e. The number of carboxylic acids is 1. The van der Waals surface area contributed by atoms with Gasteiger partial charge < -0.3 is 21.3 Å². The summed E-state index contributed by atoms with van der Waals surface area (Å²) in [5.74, 6) is -1.13. The Morgan fingerprint density at radius 3 is 2.83 bits per heavy atom. The van der Waals surface area contributed by atoms with Crippen LogP contribution in [-0.4, -0.2) is 35.0 Å². The summed E-state index contributed by atoms with van der Waals surface area (Å²) in [6.07, 6.45) is 10.7. The van der Waals surface area contributed by atoms with E-state index in [9.17, 15) is 9.59 Å². The third kappa shape index (κ3) is 4.79. The Labute approximate surface area is 134 Å². The number of allylic oxidation sites excluding steroid dienone is 2. The second kappa shape index (κ2) is 7.73. The molecule has 5 N–H and O–H groups in total. The van der Waals surface area contributed by atoms with E-state index in [-0.39, 0.29) is 12.0 Å². The first-order valence-corrected chi connectivity index (χ1v) is 7.56. The molecule has 1 heterocycles. The molecular weight excluding hydrogens is 298 g/mol. The number of esters is 1. The average Bonchev–Trinajstić information content (AvgIpc) is 2.51. The van der Waals surface area contributed by atoms with E-state index in [2.05, 4.69) is 4.99 Å². The Kier molecular flexibility index (Phi) is 5.70. The van der Waals surface area contributed by atoms with Crippen molar-refractivity contribution in [3.8, 4) is 0 Å². The van der Waals surface area contributed by atoms with Crippen LogP contribution in [0.25, 0.3) is 0 Å². The van der Waals surface area contributed by atoms with Gasteiger partial charge in [0.05, 0.1) is 17.5 Å². The molecule has 7 nitrogen and oxygen atoms in total.